The maximum Gasteiger partial charge on any atom is 0.191 e. The lowest BCUT2D eigenvalue weighted by atomic mass is 10.2. The van der Waals surface area contributed by atoms with Gasteiger partial charge in [0, 0.05) is 46.6 Å². The average molecular weight is 463 g/mol. The number of pyridine rings is 1. The zero-order valence-electron chi connectivity index (χ0n) is 16.2. The van der Waals surface area contributed by atoms with E-state index in [1.165, 1.54) is 0 Å². The van der Waals surface area contributed by atoms with Crippen LogP contribution in [0.15, 0.2) is 23.3 Å². The Morgan fingerprint density at radius 1 is 1.32 bits per heavy atom. The van der Waals surface area contributed by atoms with Gasteiger partial charge in [-0.3, -0.25) is 0 Å². The minimum Gasteiger partial charge on any atom is -0.381 e. The van der Waals surface area contributed by atoms with Gasteiger partial charge in [0.1, 0.15) is 5.82 Å². The highest BCUT2D eigenvalue weighted by molar-refractivity contribution is 14.0. The van der Waals surface area contributed by atoms with E-state index in [1.54, 1.807) is 0 Å². The maximum atomic E-state index is 5.59. The van der Waals surface area contributed by atoms with E-state index in [0.717, 1.165) is 50.1 Å². The third-order valence-corrected chi connectivity index (χ3v) is 3.24. The summed E-state index contributed by atoms with van der Waals surface area (Å²) in [5.74, 6) is 2.37. The number of nitrogens with one attached hydrogen (secondary N) is 2. The molecule has 0 aromatic carbocycles. The van der Waals surface area contributed by atoms with Gasteiger partial charge < -0.3 is 20.3 Å². The highest BCUT2D eigenvalue weighted by atomic mass is 127. The molecule has 1 aromatic heterocycles. The van der Waals surface area contributed by atoms with Crippen LogP contribution in [0.2, 0.25) is 0 Å². The fourth-order valence-corrected chi connectivity index (χ4v) is 2.02. The molecule has 144 valence electrons. The molecule has 6 nitrogen and oxygen atoms in total. The quantitative estimate of drug-likeness (QED) is 0.242. The zero-order valence-corrected chi connectivity index (χ0v) is 18.5. The lowest BCUT2D eigenvalue weighted by molar-refractivity contribution is 0.108. The molecule has 0 fully saturated rings. The minimum atomic E-state index is 0. The van der Waals surface area contributed by atoms with Crippen LogP contribution < -0.4 is 15.5 Å². The molecule has 2 N–H and O–H groups in total. The lowest BCUT2D eigenvalue weighted by Crippen LogP contribution is -2.38. The van der Waals surface area contributed by atoms with Crippen molar-refractivity contribution in [3.63, 3.8) is 0 Å². The molecule has 0 spiro atoms. The molecule has 7 heteroatoms. The monoisotopic (exact) mass is 463 g/mol. The second-order valence-corrected chi connectivity index (χ2v) is 6.36. The van der Waals surface area contributed by atoms with Gasteiger partial charge in [0.25, 0.3) is 0 Å². The summed E-state index contributed by atoms with van der Waals surface area (Å²) < 4.78 is 5.59. The van der Waals surface area contributed by atoms with Crippen molar-refractivity contribution in [2.75, 3.05) is 45.3 Å². The molecule has 0 bridgehead atoms. The number of hydrogen-bond donors (Lipinski definition) is 2. The van der Waals surface area contributed by atoms with E-state index in [0.29, 0.717) is 12.5 Å². The van der Waals surface area contributed by atoms with Crippen molar-refractivity contribution in [3.8, 4) is 0 Å². The Bertz CT molecular complexity index is 494. The van der Waals surface area contributed by atoms with Crippen LogP contribution in [0.25, 0.3) is 0 Å². The molecule has 0 amide bonds. The summed E-state index contributed by atoms with van der Waals surface area (Å²) in [4.78, 5) is 11.0. The largest absolute Gasteiger partial charge is 0.381 e. The van der Waals surface area contributed by atoms with Gasteiger partial charge in [0.05, 0.1) is 6.54 Å². The first-order valence-electron chi connectivity index (χ1n) is 8.75. The van der Waals surface area contributed by atoms with E-state index >= 15 is 0 Å². The zero-order chi connectivity index (χ0) is 17.8. The van der Waals surface area contributed by atoms with E-state index in [9.17, 15) is 0 Å². The number of nitrogens with zero attached hydrogens (tertiary/aromatic N) is 3. The number of ether oxygens (including phenoxy) is 1. The van der Waals surface area contributed by atoms with Gasteiger partial charge in [-0.05, 0) is 37.0 Å². The first-order valence-corrected chi connectivity index (χ1v) is 8.75. The SMILES string of the molecule is CCNC(=NCc1ccnc(N(C)C)c1)NCCCOCC(C)C.I. The Morgan fingerprint density at radius 2 is 2.08 bits per heavy atom. The van der Waals surface area contributed by atoms with Crippen molar-refractivity contribution < 1.29 is 4.74 Å². The maximum absolute atomic E-state index is 5.59. The Morgan fingerprint density at radius 3 is 2.72 bits per heavy atom. The number of rotatable bonds is 10. The van der Waals surface area contributed by atoms with Crippen LogP contribution in [0, 0.1) is 5.92 Å². The minimum absolute atomic E-state index is 0. The molecule has 0 radical (unpaired) electrons. The van der Waals surface area contributed by atoms with Gasteiger partial charge in [-0.2, -0.15) is 0 Å². The number of anilines is 1. The smallest absolute Gasteiger partial charge is 0.191 e. The van der Waals surface area contributed by atoms with Crippen molar-refractivity contribution in [2.45, 2.75) is 33.7 Å². The molecular weight excluding hydrogens is 429 g/mol. The van der Waals surface area contributed by atoms with E-state index in [-0.39, 0.29) is 24.0 Å². The predicted octanol–water partition coefficient (Wildman–Crippen LogP) is 2.88. The molecule has 0 unspecified atom stereocenters. The summed E-state index contributed by atoms with van der Waals surface area (Å²) in [6.07, 6.45) is 2.80. The Labute approximate surface area is 169 Å². The summed E-state index contributed by atoms with van der Waals surface area (Å²) in [5, 5.41) is 6.62. The summed E-state index contributed by atoms with van der Waals surface area (Å²) in [7, 11) is 3.98. The molecule has 0 aliphatic rings. The number of hydrogen-bond acceptors (Lipinski definition) is 4. The summed E-state index contributed by atoms with van der Waals surface area (Å²) in [6.45, 7) is 10.3. The van der Waals surface area contributed by atoms with Gasteiger partial charge in [-0.25, -0.2) is 9.98 Å². The van der Waals surface area contributed by atoms with Crippen LogP contribution in [-0.4, -0.2) is 51.3 Å². The van der Waals surface area contributed by atoms with Crippen LogP contribution >= 0.6 is 24.0 Å². The molecule has 0 saturated heterocycles. The standard InChI is InChI=1S/C18H33N5O.HI/c1-6-19-18(21-9-7-11-24-14-15(2)3)22-13-16-8-10-20-17(12-16)23(4)5;/h8,10,12,15H,6-7,9,11,13-14H2,1-5H3,(H2,19,21,22);1H. The molecule has 0 atom stereocenters. The molecule has 1 aromatic rings. The highest BCUT2D eigenvalue weighted by Crippen LogP contribution is 2.10. The molecule has 0 aliphatic heterocycles. The summed E-state index contributed by atoms with van der Waals surface area (Å²) >= 11 is 0. The van der Waals surface area contributed by atoms with Crippen molar-refractivity contribution in [1.29, 1.82) is 0 Å². The second kappa shape index (κ2) is 14.1. The molecular formula is C18H34IN5O. The Balaban J connectivity index is 0.00000576. The Kier molecular flexibility index (Phi) is 13.5. The summed E-state index contributed by atoms with van der Waals surface area (Å²) in [5.41, 5.74) is 1.14. The first-order chi connectivity index (χ1) is 11.5. The molecule has 25 heavy (non-hydrogen) atoms. The second-order valence-electron chi connectivity index (χ2n) is 6.36. The van der Waals surface area contributed by atoms with E-state index < -0.39 is 0 Å². The third kappa shape index (κ3) is 11.2. The van der Waals surface area contributed by atoms with E-state index in [2.05, 4.69) is 47.4 Å². The van der Waals surface area contributed by atoms with Crippen molar-refractivity contribution in [1.82, 2.24) is 15.6 Å². The number of aromatic nitrogens is 1. The fourth-order valence-electron chi connectivity index (χ4n) is 2.02. The Hall–Kier alpha value is -1.09. The van der Waals surface area contributed by atoms with Gasteiger partial charge in [0.15, 0.2) is 5.96 Å². The van der Waals surface area contributed by atoms with Gasteiger partial charge in [-0.15, -0.1) is 24.0 Å². The molecule has 0 saturated carbocycles. The van der Waals surface area contributed by atoms with Crippen LogP contribution in [0.1, 0.15) is 32.8 Å². The molecule has 1 heterocycles. The average Bonchev–Trinajstić information content (AvgIpc) is 2.55. The van der Waals surface area contributed by atoms with Crippen LogP contribution in [0.4, 0.5) is 5.82 Å². The highest BCUT2D eigenvalue weighted by Gasteiger charge is 2.01. The topological polar surface area (TPSA) is 61.8 Å². The van der Waals surface area contributed by atoms with E-state index in [4.69, 9.17) is 4.74 Å². The molecule has 1 rings (SSSR count). The van der Waals surface area contributed by atoms with Gasteiger partial charge in [0.2, 0.25) is 0 Å². The fraction of sp³-hybridized carbons (Fsp3) is 0.667. The van der Waals surface area contributed by atoms with Crippen molar-refractivity contribution in [3.05, 3.63) is 23.9 Å². The van der Waals surface area contributed by atoms with Crippen molar-refractivity contribution >= 4 is 35.8 Å². The predicted molar refractivity (Wildman–Crippen MR) is 117 cm³/mol. The van der Waals surface area contributed by atoms with Crippen LogP contribution in [0.3, 0.4) is 0 Å². The number of halogens is 1. The number of guanidine groups is 1. The summed E-state index contributed by atoms with van der Waals surface area (Å²) in [6, 6.07) is 4.06. The lowest BCUT2D eigenvalue weighted by Gasteiger charge is -2.13. The normalized spacial score (nSPS) is 11.2. The van der Waals surface area contributed by atoms with Gasteiger partial charge in [-0.1, -0.05) is 13.8 Å². The first kappa shape index (κ1) is 23.9. The van der Waals surface area contributed by atoms with Crippen LogP contribution in [-0.2, 0) is 11.3 Å². The van der Waals surface area contributed by atoms with Crippen LogP contribution in [0.5, 0.6) is 0 Å². The third-order valence-electron chi connectivity index (χ3n) is 3.24. The van der Waals surface area contributed by atoms with E-state index in [1.807, 2.05) is 31.3 Å². The molecule has 0 aliphatic carbocycles. The van der Waals surface area contributed by atoms with Gasteiger partial charge >= 0.3 is 0 Å². The number of aliphatic imine (C=N–C) groups is 1. The van der Waals surface area contributed by atoms with Crippen molar-refractivity contribution in [2.24, 2.45) is 10.9 Å².